The zero-order chi connectivity index (χ0) is 13.5. The zero-order valence-corrected chi connectivity index (χ0v) is 11.7. The maximum Gasteiger partial charge on any atom is 0.235 e. The second-order valence-electron chi connectivity index (χ2n) is 3.76. The van der Waals surface area contributed by atoms with Crippen LogP contribution in [0.5, 0.6) is 0 Å². The maximum absolute atomic E-state index is 11.2. The van der Waals surface area contributed by atoms with Gasteiger partial charge in [0.1, 0.15) is 0 Å². The lowest BCUT2D eigenvalue weighted by Gasteiger charge is -2.02. The molecule has 0 fully saturated rings. The van der Waals surface area contributed by atoms with Gasteiger partial charge in [0, 0.05) is 5.69 Å². The Labute approximate surface area is 119 Å². The van der Waals surface area contributed by atoms with Crippen LogP contribution in [0.4, 0.5) is 17.1 Å². The zero-order valence-electron chi connectivity index (χ0n) is 10.1. The number of carbonyl (C=O) groups is 1. The fourth-order valence-corrected chi connectivity index (χ4v) is 1.56. The normalized spacial score (nSPS) is 10.6. The van der Waals surface area contributed by atoms with Gasteiger partial charge in [-0.05, 0) is 36.4 Å². The Morgan fingerprint density at radius 1 is 0.947 bits per heavy atom. The van der Waals surface area contributed by atoms with Crippen LogP contribution in [0.1, 0.15) is 0 Å². The van der Waals surface area contributed by atoms with Crippen molar-refractivity contribution in [3.8, 4) is 0 Å². The number of amides is 1. The number of nitrogens with zero attached hydrogens (tertiary/aromatic N) is 2. The molecule has 0 aliphatic carbocycles. The predicted molar refractivity (Wildman–Crippen MR) is 79.5 cm³/mol. The number of anilines is 1. The summed E-state index contributed by atoms with van der Waals surface area (Å²) in [6.07, 6.45) is 0. The lowest BCUT2D eigenvalue weighted by molar-refractivity contribution is -0.113. The molecule has 5 heteroatoms. The van der Waals surface area contributed by atoms with Gasteiger partial charge in [-0.1, -0.05) is 34.1 Å². The standard InChI is InChI=1S/C14H12BrN3O/c15-10-14(19)16-11-6-8-13(9-7-11)18-17-12-4-2-1-3-5-12/h1-9H,10H2,(H,16,19). The maximum atomic E-state index is 11.2. The lowest BCUT2D eigenvalue weighted by atomic mass is 10.3. The first kappa shape index (κ1) is 13.4. The second-order valence-corrected chi connectivity index (χ2v) is 4.32. The molecular weight excluding hydrogens is 306 g/mol. The molecule has 0 aromatic heterocycles. The number of rotatable bonds is 4. The first-order valence-corrected chi connectivity index (χ1v) is 6.83. The van der Waals surface area contributed by atoms with E-state index >= 15 is 0 Å². The quantitative estimate of drug-likeness (QED) is 0.658. The van der Waals surface area contributed by atoms with Crippen molar-refractivity contribution in [1.29, 1.82) is 0 Å². The first-order valence-electron chi connectivity index (χ1n) is 5.70. The summed E-state index contributed by atoms with van der Waals surface area (Å²) in [5.74, 6) is -0.0846. The molecule has 0 bridgehead atoms. The van der Waals surface area contributed by atoms with Gasteiger partial charge >= 0.3 is 0 Å². The smallest absolute Gasteiger partial charge is 0.235 e. The van der Waals surface area contributed by atoms with Crippen molar-refractivity contribution in [2.24, 2.45) is 10.2 Å². The number of hydrogen-bond donors (Lipinski definition) is 1. The first-order chi connectivity index (χ1) is 9.28. The van der Waals surface area contributed by atoms with Gasteiger partial charge < -0.3 is 5.32 Å². The number of halogens is 1. The van der Waals surface area contributed by atoms with Gasteiger partial charge in [0.2, 0.25) is 5.91 Å². The van der Waals surface area contributed by atoms with Crippen molar-refractivity contribution in [3.05, 3.63) is 54.6 Å². The minimum Gasteiger partial charge on any atom is -0.325 e. The highest BCUT2D eigenvalue weighted by molar-refractivity contribution is 9.09. The molecule has 0 radical (unpaired) electrons. The molecule has 0 aliphatic heterocycles. The molecule has 0 heterocycles. The molecule has 0 unspecified atom stereocenters. The van der Waals surface area contributed by atoms with Crippen LogP contribution in [0.15, 0.2) is 64.8 Å². The van der Waals surface area contributed by atoms with Crippen molar-refractivity contribution in [2.45, 2.75) is 0 Å². The average molecular weight is 318 g/mol. The van der Waals surface area contributed by atoms with Gasteiger partial charge in [-0.25, -0.2) is 0 Å². The monoisotopic (exact) mass is 317 g/mol. The summed E-state index contributed by atoms with van der Waals surface area (Å²) >= 11 is 3.09. The van der Waals surface area contributed by atoms with E-state index in [9.17, 15) is 4.79 Å². The minimum atomic E-state index is -0.0846. The van der Waals surface area contributed by atoms with Crippen molar-refractivity contribution in [2.75, 3.05) is 10.6 Å². The van der Waals surface area contributed by atoms with Crippen LogP contribution >= 0.6 is 15.9 Å². The molecule has 1 amide bonds. The number of hydrogen-bond acceptors (Lipinski definition) is 3. The van der Waals surface area contributed by atoms with E-state index in [2.05, 4.69) is 31.5 Å². The fraction of sp³-hybridized carbons (Fsp3) is 0.0714. The van der Waals surface area contributed by atoms with Crippen LogP contribution in [-0.2, 0) is 4.79 Å². The highest BCUT2D eigenvalue weighted by Crippen LogP contribution is 2.19. The van der Waals surface area contributed by atoms with Gasteiger partial charge in [0.15, 0.2) is 0 Å². The Morgan fingerprint density at radius 3 is 2.11 bits per heavy atom. The molecule has 0 spiro atoms. The molecule has 2 aromatic carbocycles. The van der Waals surface area contributed by atoms with Crippen molar-refractivity contribution in [1.82, 2.24) is 0 Å². The summed E-state index contributed by atoms with van der Waals surface area (Å²) in [6, 6.07) is 16.7. The summed E-state index contributed by atoms with van der Waals surface area (Å²) in [7, 11) is 0. The van der Waals surface area contributed by atoms with Gasteiger partial charge in [-0.2, -0.15) is 10.2 Å². The Hall–Kier alpha value is -2.01. The van der Waals surface area contributed by atoms with Crippen LogP contribution in [0.3, 0.4) is 0 Å². The van der Waals surface area contributed by atoms with Gasteiger partial charge in [0.25, 0.3) is 0 Å². The second kappa shape index (κ2) is 6.80. The van der Waals surface area contributed by atoms with E-state index in [-0.39, 0.29) is 11.2 Å². The molecule has 0 aliphatic rings. The highest BCUT2D eigenvalue weighted by Gasteiger charge is 1.99. The van der Waals surface area contributed by atoms with E-state index in [1.807, 2.05) is 30.3 Å². The molecule has 0 saturated heterocycles. The summed E-state index contributed by atoms with van der Waals surface area (Å²) in [6.45, 7) is 0. The number of benzene rings is 2. The summed E-state index contributed by atoms with van der Waals surface area (Å²) in [4.78, 5) is 11.2. The van der Waals surface area contributed by atoms with E-state index in [4.69, 9.17) is 0 Å². The summed E-state index contributed by atoms with van der Waals surface area (Å²) < 4.78 is 0. The van der Waals surface area contributed by atoms with E-state index in [0.29, 0.717) is 0 Å². The van der Waals surface area contributed by atoms with Gasteiger partial charge in [0.05, 0.1) is 16.7 Å². The van der Waals surface area contributed by atoms with Crippen molar-refractivity contribution < 1.29 is 4.79 Å². The van der Waals surface area contributed by atoms with Gasteiger partial charge in [-0.3, -0.25) is 4.79 Å². The lowest BCUT2D eigenvalue weighted by Crippen LogP contribution is -2.11. The molecule has 0 atom stereocenters. The van der Waals surface area contributed by atoms with Crippen LogP contribution in [0.25, 0.3) is 0 Å². The number of alkyl halides is 1. The summed E-state index contributed by atoms with van der Waals surface area (Å²) in [5.41, 5.74) is 2.28. The van der Waals surface area contributed by atoms with E-state index in [1.54, 1.807) is 24.3 Å². The molecule has 2 rings (SSSR count). The van der Waals surface area contributed by atoms with E-state index in [1.165, 1.54) is 0 Å². The third kappa shape index (κ3) is 4.30. The van der Waals surface area contributed by atoms with Crippen LogP contribution < -0.4 is 5.32 Å². The molecule has 0 saturated carbocycles. The predicted octanol–water partition coefficient (Wildman–Crippen LogP) is 4.44. The molecular formula is C14H12BrN3O. The minimum absolute atomic E-state index is 0.0846. The Balaban J connectivity index is 2.03. The van der Waals surface area contributed by atoms with E-state index in [0.717, 1.165) is 17.1 Å². The molecule has 4 nitrogen and oxygen atoms in total. The Bertz CT molecular complexity index is 567. The van der Waals surface area contributed by atoms with Crippen LogP contribution in [0.2, 0.25) is 0 Å². The fourth-order valence-electron chi connectivity index (χ4n) is 1.42. The van der Waals surface area contributed by atoms with Crippen LogP contribution in [0, 0.1) is 0 Å². The number of azo groups is 1. The Morgan fingerprint density at radius 2 is 1.53 bits per heavy atom. The highest BCUT2D eigenvalue weighted by atomic mass is 79.9. The average Bonchev–Trinajstić information content (AvgIpc) is 2.47. The molecule has 19 heavy (non-hydrogen) atoms. The SMILES string of the molecule is O=C(CBr)Nc1ccc(N=Nc2ccccc2)cc1. The van der Waals surface area contributed by atoms with Crippen molar-refractivity contribution in [3.63, 3.8) is 0 Å². The van der Waals surface area contributed by atoms with Crippen molar-refractivity contribution >= 4 is 38.9 Å². The molecule has 96 valence electrons. The third-order valence-corrected chi connectivity index (χ3v) is 2.82. The number of nitrogens with one attached hydrogen (secondary N) is 1. The summed E-state index contributed by atoms with van der Waals surface area (Å²) in [5, 5.41) is 11.2. The molecule has 2 aromatic rings. The third-order valence-electron chi connectivity index (χ3n) is 2.31. The number of carbonyl (C=O) groups excluding carboxylic acids is 1. The topological polar surface area (TPSA) is 53.8 Å². The van der Waals surface area contributed by atoms with E-state index < -0.39 is 0 Å². The largest absolute Gasteiger partial charge is 0.325 e. The molecule has 1 N–H and O–H groups in total. The van der Waals surface area contributed by atoms with Gasteiger partial charge in [-0.15, -0.1) is 0 Å². The van der Waals surface area contributed by atoms with Crippen LogP contribution in [-0.4, -0.2) is 11.2 Å². The Kier molecular flexibility index (Phi) is 4.80.